The fraction of sp³-hybridized carbons (Fsp3) is 0.462. The number of nitrogens with zero attached hydrogens (tertiary/aromatic N) is 2. The highest BCUT2D eigenvalue weighted by molar-refractivity contribution is 6.31. The van der Waals surface area contributed by atoms with Gasteiger partial charge < -0.3 is 4.90 Å². The van der Waals surface area contributed by atoms with Crippen molar-refractivity contribution in [1.82, 2.24) is 0 Å². The molecule has 0 radical (unpaired) electrons. The summed E-state index contributed by atoms with van der Waals surface area (Å²) in [5.74, 6) is 0. The minimum atomic E-state index is 0.477. The van der Waals surface area contributed by atoms with Gasteiger partial charge in [-0.05, 0) is 44.4 Å². The fourth-order valence-electron chi connectivity index (χ4n) is 2.33. The summed E-state index contributed by atoms with van der Waals surface area (Å²) in [5.41, 5.74) is 1.59. The zero-order chi connectivity index (χ0) is 12.3. The highest BCUT2D eigenvalue weighted by Gasteiger charge is 2.20. The third-order valence-corrected chi connectivity index (χ3v) is 3.45. The van der Waals surface area contributed by atoms with Crippen LogP contribution in [0.1, 0.15) is 26.2 Å². The van der Waals surface area contributed by atoms with Gasteiger partial charge in [0, 0.05) is 17.6 Å². The van der Waals surface area contributed by atoms with Gasteiger partial charge in [0.15, 0.2) is 0 Å². The predicted molar refractivity (Wildman–Crippen MR) is 69.9 cm³/mol. The minimum Gasteiger partial charge on any atom is -0.367 e. The van der Waals surface area contributed by atoms with Crippen LogP contribution in [0.25, 0.3) is 0 Å². The molecule has 90 valence electrons. The zero-order valence-corrected chi connectivity index (χ0v) is 10.6. The van der Waals surface area contributed by atoms with Gasteiger partial charge >= 0.3 is 0 Å². The van der Waals surface area contributed by atoms with Gasteiger partial charge in [-0.2, -0.15) is 4.99 Å². The van der Waals surface area contributed by atoms with Crippen molar-refractivity contribution in [1.29, 1.82) is 0 Å². The van der Waals surface area contributed by atoms with Crippen molar-refractivity contribution in [2.24, 2.45) is 4.99 Å². The first-order chi connectivity index (χ1) is 8.22. The average Bonchev–Trinajstić information content (AvgIpc) is 2.31. The molecule has 1 heterocycles. The molecule has 3 nitrogen and oxygen atoms in total. The van der Waals surface area contributed by atoms with Crippen LogP contribution in [0, 0.1) is 0 Å². The van der Waals surface area contributed by atoms with Crippen molar-refractivity contribution in [3.8, 4) is 0 Å². The number of hydrogen-bond donors (Lipinski definition) is 0. The number of halogens is 1. The van der Waals surface area contributed by atoms with Crippen molar-refractivity contribution in [3.05, 3.63) is 23.2 Å². The lowest BCUT2D eigenvalue weighted by molar-refractivity contribution is 0.485. The summed E-state index contributed by atoms with van der Waals surface area (Å²) in [6, 6.07) is 5.95. The molecule has 2 rings (SSSR count). The lowest BCUT2D eigenvalue weighted by Gasteiger charge is -2.35. The molecular formula is C13H15ClN2O. The SMILES string of the molecule is CC1CCCCN1c1ccc(Cl)cc1N=C=O. The molecule has 4 heteroatoms. The van der Waals surface area contributed by atoms with Crippen molar-refractivity contribution in [2.75, 3.05) is 11.4 Å². The molecule has 1 aliphatic rings. The van der Waals surface area contributed by atoms with Crippen molar-refractivity contribution in [3.63, 3.8) is 0 Å². The molecule has 0 bridgehead atoms. The first kappa shape index (κ1) is 12.2. The van der Waals surface area contributed by atoms with E-state index in [4.69, 9.17) is 11.6 Å². The van der Waals surface area contributed by atoms with Crippen LogP contribution in [0.2, 0.25) is 5.02 Å². The van der Waals surface area contributed by atoms with Gasteiger partial charge in [-0.3, -0.25) is 0 Å². The second-order valence-corrected chi connectivity index (χ2v) is 4.81. The first-order valence-corrected chi connectivity index (χ1v) is 6.24. The molecule has 0 spiro atoms. The number of piperidine rings is 1. The number of rotatable bonds is 2. The van der Waals surface area contributed by atoms with E-state index in [9.17, 15) is 4.79 Å². The molecule has 1 aromatic carbocycles. The summed E-state index contributed by atoms with van der Waals surface area (Å²) in [6.07, 6.45) is 5.21. The summed E-state index contributed by atoms with van der Waals surface area (Å²) < 4.78 is 0. The molecule has 0 N–H and O–H groups in total. The second-order valence-electron chi connectivity index (χ2n) is 4.37. The summed E-state index contributed by atoms with van der Waals surface area (Å²) >= 11 is 5.92. The molecule has 1 fully saturated rings. The Morgan fingerprint density at radius 1 is 1.47 bits per heavy atom. The number of benzene rings is 1. The topological polar surface area (TPSA) is 32.7 Å². The van der Waals surface area contributed by atoms with E-state index < -0.39 is 0 Å². The molecule has 0 aliphatic carbocycles. The van der Waals surface area contributed by atoms with E-state index >= 15 is 0 Å². The summed E-state index contributed by atoms with van der Waals surface area (Å²) in [7, 11) is 0. The van der Waals surface area contributed by atoms with Crippen LogP contribution in [0.4, 0.5) is 11.4 Å². The molecule has 0 aromatic heterocycles. The Bertz CT molecular complexity index is 455. The van der Waals surface area contributed by atoms with Crippen molar-refractivity contribution in [2.45, 2.75) is 32.2 Å². The highest BCUT2D eigenvalue weighted by Crippen LogP contribution is 2.34. The van der Waals surface area contributed by atoms with Crippen LogP contribution in [0.15, 0.2) is 23.2 Å². The monoisotopic (exact) mass is 250 g/mol. The quantitative estimate of drug-likeness (QED) is 0.592. The van der Waals surface area contributed by atoms with E-state index in [1.807, 2.05) is 12.1 Å². The minimum absolute atomic E-state index is 0.477. The third-order valence-electron chi connectivity index (χ3n) is 3.22. The van der Waals surface area contributed by atoms with Crippen LogP contribution in [0.3, 0.4) is 0 Å². The molecule has 1 saturated heterocycles. The van der Waals surface area contributed by atoms with Gasteiger partial charge in [0.25, 0.3) is 0 Å². The largest absolute Gasteiger partial charge is 0.367 e. The number of carbonyl (C=O) groups excluding carboxylic acids is 1. The summed E-state index contributed by atoms with van der Waals surface area (Å²) in [4.78, 5) is 16.5. The average molecular weight is 251 g/mol. The van der Waals surface area contributed by atoms with Gasteiger partial charge in [0.05, 0.1) is 5.69 Å². The predicted octanol–water partition coefficient (Wildman–Crippen LogP) is 3.69. The normalized spacial score (nSPS) is 19.9. The van der Waals surface area contributed by atoms with Crippen LogP contribution >= 0.6 is 11.6 Å². The van der Waals surface area contributed by atoms with Crippen molar-refractivity contribution < 1.29 is 4.79 Å². The van der Waals surface area contributed by atoms with Crippen LogP contribution in [-0.2, 0) is 4.79 Å². The Morgan fingerprint density at radius 3 is 3.00 bits per heavy atom. The Kier molecular flexibility index (Phi) is 3.82. The van der Waals surface area contributed by atoms with Crippen LogP contribution in [0.5, 0.6) is 0 Å². The summed E-state index contributed by atoms with van der Waals surface area (Å²) in [5, 5.41) is 0.590. The van der Waals surface area contributed by atoms with Crippen molar-refractivity contribution >= 4 is 29.1 Å². The lowest BCUT2D eigenvalue weighted by Crippen LogP contribution is -2.37. The molecule has 1 unspecified atom stereocenters. The Morgan fingerprint density at radius 2 is 2.29 bits per heavy atom. The van der Waals surface area contributed by atoms with Gasteiger partial charge in [-0.15, -0.1) is 0 Å². The molecule has 0 amide bonds. The number of aliphatic imine (C=N–C) groups is 1. The highest BCUT2D eigenvalue weighted by atomic mass is 35.5. The second kappa shape index (κ2) is 5.35. The zero-order valence-electron chi connectivity index (χ0n) is 9.82. The van der Waals surface area contributed by atoms with E-state index in [-0.39, 0.29) is 0 Å². The van der Waals surface area contributed by atoms with E-state index in [2.05, 4.69) is 16.8 Å². The Labute approximate surface area is 106 Å². The first-order valence-electron chi connectivity index (χ1n) is 5.86. The smallest absolute Gasteiger partial charge is 0.240 e. The lowest BCUT2D eigenvalue weighted by atomic mass is 10.0. The van der Waals surface area contributed by atoms with E-state index in [1.54, 1.807) is 12.1 Å². The van der Waals surface area contributed by atoms with E-state index in [0.717, 1.165) is 12.2 Å². The maximum Gasteiger partial charge on any atom is 0.240 e. The Hall–Kier alpha value is -1.31. The standard InChI is InChI=1S/C13H15ClN2O/c1-10-4-2-3-7-16(10)13-6-5-11(14)8-12(13)15-9-17/h5-6,8,10H,2-4,7H2,1H3. The number of anilines is 1. The van der Waals surface area contributed by atoms with Gasteiger partial charge in [0.2, 0.25) is 6.08 Å². The van der Waals surface area contributed by atoms with Gasteiger partial charge in [-0.1, -0.05) is 11.6 Å². The maximum atomic E-state index is 10.4. The molecule has 17 heavy (non-hydrogen) atoms. The van der Waals surface area contributed by atoms with E-state index in [0.29, 0.717) is 16.8 Å². The molecule has 1 aliphatic heterocycles. The van der Waals surface area contributed by atoms with E-state index in [1.165, 1.54) is 19.3 Å². The molecule has 0 saturated carbocycles. The number of isocyanates is 1. The molecular weight excluding hydrogens is 236 g/mol. The maximum absolute atomic E-state index is 10.4. The molecule has 1 aromatic rings. The Balaban J connectivity index is 2.39. The van der Waals surface area contributed by atoms with Crippen LogP contribution < -0.4 is 4.90 Å². The third kappa shape index (κ3) is 2.68. The van der Waals surface area contributed by atoms with Gasteiger partial charge in [-0.25, -0.2) is 4.79 Å². The van der Waals surface area contributed by atoms with Gasteiger partial charge in [0.1, 0.15) is 5.69 Å². The number of hydrogen-bond acceptors (Lipinski definition) is 3. The molecule has 1 atom stereocenters. The fourth-order valence-corrected chi connectivity index (χ4v) is 2.50. The van der Waals surface area contributed by atoms with Crippen LogP contribution in [-0.4, -0.2) is 18.7 Å². The summed E-state index contributed by atoms with van der Waals surface area (Å²) in [6.45, 7) is 3.20.